The van der Waals surface area contributed by atoms with E-state index in [2.05, 4.69) is 71.6 Å². The van der Waals surface area contributed by atoms with Crippen molar-refractivity contribution in [2.24, 2.45) is 0 Å². The fourth-order valence-corrected chi connectivity index (χ4v) is 2.67. The highest BCUT2D eigenvalue weighted by molar-refractivity contribution is 6.07. The summed E-state index contributed by atoms with van der Waals surface area (Å²) in [5.74, 6) is 0. The predicted octanol–water partition coefficient (Wildman–Crippen LogP) is 4.78. The average molecular weight is 243 g/mol. The molecular formula is C18H13N. The summed E-state index contributed by atoms with van der Waals surface area (Å²) < 4.78 is 2.13. The van der Waals surface area contributed by atoms with Gasteiger partial charge in [0, 0.05) is 18.1 Å². The second-order valence-corrected chi connectivity index (χ2v) is 4.78. The molecule has 0 aliphatic carbocycles. The molecule has 0 amide bonds. The lowest BCUT2D eigenvalue weighted by Crippen LogP contribution is -1.89. The van der Waals surface area contributed by atoms with Crippen LogP contribution in [0.15, 0.2) is 79.1 Å². The minimum Gasteiger partial charge on any atom is -0.324 e. The Morgan fingerprint density at radius 2 is 1.32 bits per heavy atom. The zero-order chi connectivity index (χ0) is 12.7. The van der Waals surface area contributed by atoms with Crippen LogP contribution in [0.25, 0.3) is 27.2 Å². The van der Waals surface area contributed by atoms with E-state index >= 15 is 0 Å². The highest BCUT2D eigenvalue weighted by Gasteiger charge is 2.01. The highest BCUT2D eigenvalue weighted by Crippen LogP contribution is 2.27. The van der Waals surface area contributed by atoms with Gasteiger partial charge in [-0.25, -0.2) is 0 Å². The van der Waals surface area contributed by atoms with Crippen molar-refractivity contribution in [3.8, 4) is 5.69 Å². The van der Waals surface area contributed by atoms with Gasteiger partial charge in [-0.1, -0.05) is 42.5 Å². The Balaban J connectivity index is 2.03. The van der Waals surface area contributed by atoms with Gasteiger partial charge in [-0.15, -0.1) is 0 Å². The van der Waals surface area contributed by atoms with Crippen molar-refractivity contribution in [3.63, 3.8) is 0 Å². The summed E-state index contributed by atoms with van der Waals surface area (Å²) >= 11 is 0. The van der Waals surface area contributed by atoms with Crippen LogP contribution >= 0.6 is 0 Å². The van der Waals surface area contributed by atoms with E-state index in [1.54, 1.807) is 0 Å². The Hall–Kier alpha value is -2.54. The minimum absolute atomic E-state index is 1.20. The zero-order valence-corrected chi connectivity index (χ0v) is 10.5. The van der Waals surface area contributed by atoms with Gasteiger partial charge in [0.2, 0.25) is 0 Å². The number of hydrogen-bond donors (Lipinski definition) is 0. The molecule has 0 radical (unpaired) electrons. The average Bonchev–Trinajstić information content (AvgIpc) is 3.01. The molecule has 1 aromatic heterocycles. The molecule has 90 valence electrons. The first-order valence-electron chi connectivity index (χ1n) is 6.47. The van der Waals surface area contributed by atoms with E-state index < -0.39 is 0 Å². The van der Waals surface area contributed by atoms with Gasteiger partial charge in [0.25, 0.3) is 0 Å². The third-order valence-electron chi connectivity index (χ3n) is 3.63. The van der Waals surface area contributed by atoms with Crippen LogP contribution in [0, 0.1) is 0 Å². The van der Waals surface area contributed by atoms with Crippen molar-refractivity contribution < 1.29 is 0 Å². The number of fused-ring (bicyclic) bond motifs is 3. The summed E-state index contributed by atoms with van der Waals surface area (Å²) in [6.45, 7) is 0. The summed E-state index contributed by atoms with van der Waals surface area (Å²) in [5.41, 5.74) is 1.20. The first-order valence-corrected chi connectivity index (χ1v) is 6.47. The lowest BCUT2D eigenvalue weighted by Gasteiger charge is -2.07. The largest absolute Gasteiger partial charge is 0.324 e. The summed E-state index contributed by atoms with van der Waals surface area (Å²) in [4.78, 5) is 0. The van der Waals surface area contributed by atoms with Gasteiger partial charge >= 0.3 is 0 Å². The van der Waals surface area contributed by atoms with Crippen LogP contribution in [0.3, 0.4) is 0 Å². The van der Waals surface area contributed by atoms with Crippen molar-refractivity contribution in [2.45, 2.75) is 0 Å². The normalized spacial score (nSPS) is 11.2. The van der Waals surface area contributed by atoms with Gasteiger partial charge in [0.05, 0.1) is 0 Å². The Kier molecular flexibility index (Phi) is 2.18. The summed E-state index contributed by atoms with van der Waals surface area (Å²) in [7, 11) is 0. The summed E-state index contributed by atoms with van der Waals surface area (Å²) in [5, 5.41) is 5.21. The molecule has 4 aromatic rings. The molecule has 4 rings (SSSR count). The zero-order valence-electron chi connectivity index (χ0n) is 10.5. The number of nitrogens with zero attached hydrogens (tertiary/aromatic N) is 1. The van der Waals surface area contributed by atoms with Crippen LogP contribution in [-0.4, -0.2) is 4.57 Å². The molecule has 1 nitrogen and oxygen atoms in total. The van der Waals surface area contributed by atoms with Gasteiger partial charge in [0.15, 0.2) is 0 Å². The van der Waals surface area contributed by atoms with E-state index in [1.807, 2.05) is 12.1 Å². The molecule has 1 heterocycles. The summed E-state index contributed by atoms with van der Waals surface area (Å²) in [6.07, 6.45) is 4.14. The maximum absolute atomic E-state index is 2.24. The number of hydrogen-bond acceptors (Lipinski definition) is 0. The second kappa shape index (κ2) is 3.99. The fourth-order valence-electron chi connectivity index (χ4n) is 2.67. The molecule has 0 aliphatic heterocycles. The molecule has 0 saturated carbocycles. The van der Waals surface area contributed by atoms with Gasteiger partial charge in [0.1, 0.15) is 0 Å². The lowest BCUT2D eigenvalue weighted by molar-refractivity contribution is 1.08. The molecule has 0 unspecified atom stereocenters. The molecule has 1 heteroatoms. The first-order chi connectivity index (χ1) is 9.42. The molecule has 0 N–H and O–H groups in total. The Morgan fingerprint density at radius 1 is 0.579 bits per heavy atom. The fraction of sp³-hybridized carbons (Fsp3) is 0. The third kappa shape index (κ3) is 1.63. The van der Waals surface area contributed by atoms with E-state index in [1.165, 1.54) is 27.2 Å². The molecule has 0 atom stereocenters. The van der Waals surface area contributed by atoms with Crippen molar-refractivity contribution >= 4 is 21.5 Å². The Labute approximate surface area is 111 Å². The van der Waals surface area contributed by atoms with Crippen molar-refractivity contribution in [3.05, 3.63) is 79.1 Å². The number of aromatic nitrogens is 1. The van der Waals surface area contributed by atoms with E-state index in [-0.39, 0.29) is 0 Å². The number of rotatable bonds is 1. The van der Waals surface area contributed by atoms with Crippen LogP contribution in [0.5, 0.6) is 0 Å². The third-order valence-corrected chi connectivity index (χ3v) is 3.63. The highest BCUT2D eigenvalue weighted by atomic mass is 14.9. The predicted molar refractivity (Wildman–Crippen MR) is 80.8 cm³/mol. The van der Waals surface area contributed by atoms with Crippen LogP contribution in [0.2, 0.25) is 0 Å². The lowest BCUT2D eigenvalue weighted by atomic mass is 10.0. The van der Waals surface area contributed by atoms with E-state index in [0.29, 0.717) is 0 Å². The SMILES string of the molecule is c1ccc2c(c1)ccc1cc(-n3cccc3)ccc12. The van der Waals surface area contributed by atoms with E-state index in [4.69, 9.17) is 0 Å². The summed E-state index contributed by atoms with van der Waals surface area (Å²) in [6, 6.07) is 23.6. The van der Waals surface area contributed by atoms with Gasteiger partial charge in [-0.05, 0) is 45.8 Å². The van der Waals surface area contributed by atoms with E-state index in [0.717, 1.165) is 0 Å². The van der Waals surface area contributed by atoms with Gasteiger partial charge < -0.3 is 4.57 Å². The maximum Gasteiger partial charge on any atom is 0.0455 e. The molecule has 3 aromatic carbocycles. The molecule has 0 aliphatic rings. The maximum atomic E-state index is 2.24. The monoisotopic (exact) mass is 243 g/mol. The van der Waals surface area contributed by atoms with Crippen LogP contribution in [0.4, 0.5) is 0 Å². The Morgan fingerprint density at radius 3 is 2.21 bits per heavy atom. The Bertz CT molecular complexity index is 857. The van der Waals surface area contributed by atoms with Gasteiger partial charge in [-0.3, -0.25) is 0 Å². The van der Waals surface area contributed by atoms with E-state index in [9.17, 15) is 0 Å². The number of benzene rings is 3. The van der Waals surface area contributed by atoms with Crippen molar-refractivity contribution in [2.75, 3.05) is 0 Å². The molecular weight excluding hydrogens is 230 g/mol. The minimum atomic E-state index is 1.20. The van der Waals surface area contributed by atoms with Crippen molar-refractivity contribution in [1.82, 2.24) is 4.57 Å². The van der Waals surface area contributed by atoms with Crippen molar-refractivity contribution in [1.29, 1.82) is 0 Å². The standard InChI is InChI=1S/C18H13N/c1-2-6-17-14(5-1)7-8-15-13-16(9-10-18(15)17)19-11-3-4-12-19/h1-13H. The quantitative estimate of drug-likeness (QED) is 0.424. The topological polar surface area (TPSA) is 4.93 Å². The molecule has 0 saturated heterocycles. The smallest absolute Gasteiger partial charge is 0.0455 e. The molecule has 19 heavy (non-hydrogen) atoms. The van der Waals surface area contributed by atoms with Crippen LogP contribution in [-0.2, 0) is 0 Å². The molecule has 0 spiro atoms. The van der Waals surface area contributed by atoms with Gasteiger partial charge in [-0.2, -0.15) is 0 Å². The van der Waals surface area contributed by atoms with Crippen LogP contribution in [0.1, 0.15) is 0 Å². The second-order valence-electron chi connectivity index (χ2n) is 4.78. The molecule has 0 fully saturated rings. The first kappa shape index (κ1) is 10.4. The molecule has 0 bridgehead atoms. The van der Waals surface area contributed by atoms with Crippen LogP contribution < -0.4 is 0 Å².